The molecule has 0 spiro atoms. The van der Waals surface area contributed by atoms with Crippen molar-refractivity contribution in [3.05, 3.63) is 53.9 Å². The van der Waals surface area contributed by atoms with Gasteiger partial charge in [-0.2, -0.15) is 0 Å². The zero-order chi connectivity index (χ0) is 16.1. The quantitative estimate of drug-likeness (QED) is 0.816. The number of aryl methyl sites for hydroxylation is 1. The maximum Gasteiger partial charge on any atom is 0.246 e. The first-order valence-electron chi connectivity index (χ1n) is 8.10. The lowest BCUT2D eigenvalue weighted by Crippen LogP contribution is -2.34. The van der Waals surface area contributed by atoms with Gasteiger partial charge in [-0.05, 0) is 32.3 Å². The summed E-state index contributed by atoms with van der Waals surface area (Å²) in [6.45, 7) is 3.68. The van der Waals surface area contributed by atoms with Crippen LogP contribution in [-0.2, 0) is 4.79 Å². The van der Waals surface area contributed by atoms with Gasteiger partial charge in [-0.3, -0.25) is 4.79 Å². The fourth-order valence-corrected chi connectivity index (χ4v) is 2.75. The Morgan fingerprint density at radius 1 is 1.13 bits per heavy atom. The largest absolute Gasteiger partial charge is 0.339 e. The Labute approximate surface area is 136 Å². The first kappa shape index (κ1) is 15.4. The molecular formula is C19H21N3O. The van der Waals surface area contributed by atoms with E-state index in [0.717, 1.165) is 42.8 Å². The van der Waals surface area contributed by atoms with Crippen molar-refractivity contribution >= 4 is 12.0 Å². The van der Waals surface area contributed by atoms with Crippen LogP contribution in [0.25, 0.3) is 17.5 Å². The van der Waals surface area contributed by atoms with E-state index in [9.17, 15) is 4.79 Å². The SMILES string of the molecule is Cc1nc(-c2ccccc2)ncc1/C=C/C(=O)N1CCCCC1. The van der Waals surface area contributed by atoms with Crippen LogP contribution in [-0.4, -0.2) is 33.9 Å². The van der Waals surface area contributed by atoms with Gasteiger partial charge < -0.3 is 4.90 Å². The predicted octanol–water partition coefficient (Wildman–Crippen LogP) is 3.48. The van der Waals surface area contributed by atoms with Gasteiger partial charge >= 0.3 is 0 Å². The van der Waals surface area contributed by atoms with Gasteiger partial charge in [0.1, 0.15) is 0 Å². The Morgan fingerprint density at radius 2 is 1.87 bits per heavy atom. The molecule has 2 heterocycles. The molecule has 0 atom stereocenters. The number of carbonyl (C=O) groups is 1. The summed E-state index contributed by atoms with van der Waals surface area (Å²) in [6.07, 6.45) is 8.67. The molecule has 0 unspecified atom stereocenters. The van der Waals surface area contributed by atoms with Gasteiger partial charge in [-0.25, -0.2) is 9.97 Å². The van der Waals surface area contributed by atoms with Crippen LogP contribution in [0.2, 0.25) is 0 Å². The highest BCUT2D eigenvalue weighted by molar-refractivity contribution is 5.91. The summed E-state index contributed by atoms with van der Waals surface area (Å²) in [5.74, 6) is 0.791. The van der Waals surface area contributed by atoms with Crippen molar-refractivity contribution in [2.75, 3.05) is 13.1 Å². The standard InChI is InChI=1S/C19H21N3O/c1-15-17(10-11-18(23)22-12-6-3-7-13-22)14-20-19(21-15)16-8-4-2-5-9-16/h2,4-5,8-11,14H,3,6-7,12-13H2,1H3/b11-10+. The highest BCUT2D eigenvalue weighted by Crippen LogP contribution is 2.16. The fourth-order valence-electron chi connectivity index (χ4n) is 2.75. The molecule has 0 aliphatic carbocycles. The van der Waals surface area contributed by atoms with E-state index in [-0.39, 0.29) is 5.91 Å². The van der Waals surface area contributed by atoms with E-state index in [1.54, 1.807) is 12.3 Å². The van der Waals surface area contributed by atoms with Crippen molar-refractivity contribution in [3.8, 4) is 11.4 Å². The van der Waals surface area contributed by atoms with Gasteiger partial charge in [0.25, 0.3) is 0 Å². The van der Waals surface area contributed by atoms with Crippen molar-refractivity contribution in [3.63, 3.8) is 0 Å². The van der Waals surface area contributed by atoms with Gasteiger partial charge in [0, 0.05) is 42.2 Å². The molecule has 1 aromatic heterocycles. The maximum atomic E-state index is 12.2. The van der Waals surface area contributed by atoms with Crippen LogP contribution in [0.15, 0.2) is 42.6 Å². The van der Waals surface area contributed by atoms with E-state index in [1.165, 1.54) is 6.42 Å². The number of rotatable bonds is 3. The van der Waals surface area contributed by atoms with Crippen molar-refractivity contribution in [1.82, 2.24) is 14.9 Å². The van der Waals surface area contributed by atoms with Crippen LogP contribution in [0.3, 0.4) is 0 Å². The van der Waals surface area contributed by atoms with Crippen LogP contribution in [0.4, 0.5) is 0 Å². The molecule has 2 aromatic rings. The van der Waals surface area contributed by atoms with Crippen LogP contribution in [0.1, 0.15) is 30.5 Å². The highest BCUT2D eigenvalue weighted by Gasteiger charge is 2.13. The molecule has 0 radical (unpaired) electrons. The molecule has 4 heteroatoms. The number of likely N-dealkylation sites (tertiary alicyclic amines) is 1. The normalized spacial score (nSPS) is 15.1. The lowest BCUT2D eigenvalue weighted by atomic mass is 10.1. The van der Waals surface area contributed by atoms with Crippen molar-refractivity contribution in [2.45, 2.75) is 26.2 Å². The fraction of sp³-hybridized carbons (Fsp3) is 0.316. The smallest absolute Gasteiger partial charge is 0.246 e. The molecule has 4 nitrogen and oxygen atoms in total. The first-order valence-corrected chi connectivity index (χ1v) is 8.10. The van der Waals surface area contributed by atoms with Crippen molar-refractivity contribution < 1.29 is 4.79 Å². The first-order chi connectivity index (χ1) is 11.2. The summed E-state index contributed by atoms with van der Waals surface area (Å²) in [7, 11) is 0. The highest BCUT2D eigenvalue weighted by atomic mass is 16.2. The molecule has 0 saturated carbocycles. The Balaban J connectivity index is 1.73. The molecular weight excluding hydrogens is 286 g/mol. The number of piperidine rings is 1. The van der Waals surface area contributed by atoms with Crippen molar-refractivity contribution in [2.24, 2.45) is 0 Å². The molecule has 3 rings (SSSR count). The summed E-state index contributed by atoms with van der Waals surface area (Å²) >= 11 is 0. The molecule has 1 aliphatic heterocycles. The number of benzene rings is 1. The summed E-state index contributed by atoms with van der Waals surface area (Å²) in [6, 6.07) is 9.90. The third kappa shape index (κ3) is 3.83. The van der Waals surface area contributed by atoms with Gasteiger partial charge in [0.2, 0.25) is 5.91 Å². The molecule has 1 aliphatic rings. The Bertz CT molecular complexity index is 704. The zero-order valence-electron chi connectivity index (χ0n) is 13.4. The summed E-state index contributed by atoms with van der Waals surface area (Å²) in [4.78, 5) is 23.0. The van der Waals surface area contributed by atoms with E-state index >= 15 is 0 Å². The lowest BCUT2D eigenvalue weighted by Gasteiger charge is -2.25. The Kier molecular flexibility index (Phi) is 4.81. The van der Waals surface area contributed by atoms with E-state index in [2.05, 4.69) is 9.97 Å². The van der Waals surface area contributed by atoms with Gasteiger partial charge in [0.05, 0.1) is 0 Å². The van der Waals surface area contributed by atoms with Gasteiger partial charge in [0.15, 0.2) is 5.82 Å². The Morgan fingerprint density at radius 3 is 2.57 bits per heavy atom. The van der Waals surface area contributed by atoms with Crippen LogP contribution < -0.4 is 0 Å². The number of amides is 1. The summed E-state index contributed by atoms with van der Waals surface area (Å²) < 4.78 is 0. The predicted molar refractivity (Wildman–Crippen MR) is 91.7 cm³/mol. The summed E-state index contributed by atoms with van der Waals surface area (Å²) in [5, 5.41) is 0. The molecule has 0 bridgehead atoms. The number of carbonyl (C=O) groups excluding carboxylic acids is 1. The lowest BCUT2D eigenvalue weighted by molar-refractivity contribution is -0.126. The monoisotopic (exact) mass is 307 g/mol. The molecule has 23 heavy (non-hydrogen) atoms. The average molecular weight is 307 g/mol. The van der Waals surface area contributed by atoms with Crippen LogP contribution >= 0.6 is 0 Å². The second-order valence-corrected chi connectivity index (χ2v) is 5.82. The van der Waals surface area contributed by atoms with E-state index in [4.69, 9.17) is 0 Å². The number of nitrogens with zero attached hydrogens (tertiary/aromatic N) is 3. The minimum atomic E-state index is 0.0798. The molecule has 1 fully saturated rings. The minimum Gasteiger partial charge on any atom is -0.339 e. The van der Waals surface area contributed by atoms with Gasteiger partial charge in [-0.15, -0.1) is 0 Å². The molecule has 1 saturated heterocycles. The zero-order valence-corrected chi connectivity index (χ0v) is 13.4. The number of aromatic nitrogens is 2. The average Bonchev–Trinajstić information content (AvgIpc) is 2.62. The van der Waals surface area contributed by atoms with E-state index in [1.807, 2.05) is 48.2 Å². The Hall–Kier alpha value is -2.49. The van der Waals surface area contributed by atoms with E-state index in [0.29, 0.717) is 5.82 Å². The second kappa shape index (κ2) is 7.18. The number of hydrogen-bond acceptors (Lipinski definition) is 3. The molecule has 1 aromatic carbocycles. The number of hydrogen-bond donors (Lipinski definition) is 0. The summed E-state index contributed by atoms with van der Waals surface area (Å²) in [5.41, 5.74) is 2.76. The minimum absolute atomic E-state index is 0.0798. The third-order valence-corrected chi connectivity index (χ3v) is 4.12. The topological polar surface area (TPSA) is 46.1 Å². The van der Waals surface area contributed by atoms with Crippen molar-refractivity contribution in [1.29, 1.82) is 0 Å². The van der Waals surface area contributed by atoms with Gasteiger partial charge in [-0.1, -0.05) is 30.3 Å². The molecule has 1 amide bonds. The molecule has 118 valence electrons. The molecule has 0 N–H and O–H groups in total. The third-order valence-electron chi connectivity index (χ3n) is 4.12. The maximum absolute atomic E-state index is 12.2. The van der Waals surface area contributed by atoms with Crippen LogP contribution in [0, 0.1) is 6.92 Å². The second-order valence-electron chi connectivity index (χ2n) is 5.82. The van der Waals surface area contributed by atoms with E-state index < -0.39 is 0 Å². The van der Waals surface area contributed by atoms with Crippen LogP contribution in [0.5, 0.6) is 0 Å².